The Morgan fingerprint density at radius 2 is 1.83 bits per heavy atom. The Morgan fingerprint density at radius 1 is 1.08 bits per heavy atom. The fourth-order valence-electron chi connectivity index (χ4n) is 3.13. The summed E-state index contributed by atoms with van der Waals surface area (Å²) in [7, 11) is 1.98. The Morgan fingerprint density at radius 3 is 2.50 bits per heavy atom. The van der Waals surface area contributed by atoms with Crippen molar-refractivity contribution >= 4 is 17.5 Å². The number of amides is 1. The van der Waals surface area contributed by atoms with E-state index in [1.165, 1.54) is 12.0 Å². The maximum absolute atomic E-state index is 12.2. The smallest absolute Gasteiger partial charge is 0.228 e. The molecule has 5 nitrogen and oxygen atoms in total. The van der Waals surface area contributed by atoms with Gasteiger partial charge in [-0.3, -0.25) is 4.79 Å². The molecule has 1 fully saturated rings. The molecule has 1 amide bonds. The summed E-state index contributed by atoms with van der Waals surface area (Å²) < 4.78 is 0. The molecule has 126 valence electrons. The first-order valence-electron chi connectivity index (χ1n) is 8.62. The Bertz CT molecular complexity index is 651. The first kappa shape index (κ1) is 16.4. The van der Waals surface area contributed by atoms with Crippen LogP contribution in [-0.2, 0) is 11.3 Å². The summed E-state index contributed by atoms with van der Waals surface area (Å²) in [5.41, 5.74) is 1.22. The average Bonchev–Trinajstić information content (AvgIpc) is 2.64. The van der Waals surface area contributed by atoms with Gasteiger partial charge in [-0.1, -0.05) is 49.6 Å². The average molecular weight is 324 g/mol. The number of rotatable bonds is 5. The van der Waals surface area contributed by atoms with Crippen LogP contribution in [0.15, 0.2) is 42.5 Å². The Hall–Kier alpha value is -2.43. The molecule has 0 atom stereocenters. The number of hydrogen-bond donors (Lipinski definition) is 1. The quantitative estimate of drug-likeness (QED) is 0.912. The van der Waals surface area contributed by atoms with E-state index in [9.17, 15) is 4.79 Å². The van der Waals surface area contributed by atoms with Gasteiger partial charge in [-0.15, -0.1) is 10.2 Å². The van der Waals surface area contributed by atoms with Crippen molar-refractivity contribution in [3.8, 4) is 0 Å². The van der Waals surface area contributed by atoms with E-state index in [1.807, 2.05) is 42.3 Å². The number of nitrogens with one attached hydrogen (secondary N) is 1. The molecule has 2 aromatic rings. The second kappa shape index (κ2) is 7.90. The molecule has 1 aromatic carbocycles. The van der Waals surface area contributed by atoms with Gasteiger partial charge < -0.3 is 10.2 Å². The molecule has 1 aliphatic rings. The molecule has 1 aliphatic carbocycles. The molecular weight excluding hydrogens is 300 g/mol. The summed E-state index contributed by atoms with van der Waals surface area (Å²) in [6.07, 6.45) is 5.50. The molecule has 1 saturated carbocycles. The van der Waals surface area contributed by atoms with Gasteiger partial charge in [0.25, 0.3) is 0 Å². The van der Waals surface area contributed by atoms with Gasteiger partial charge in [0, 0.05) is 19.5 Å². The number of benzene rings is 1. The summed E-state index contributed by atoms with van der Waals surface area (Å²) in [5.74, 6) is 1.52. The van der Waals surface area contributed by atoms with Crippen LogP contribution in [0.1, 0.15) is 37.7 Å². The van der Waals surface area contributed by atoms with Crippen molar-refractivity contribution in [2.24, 2.45) is 5.92 Å². The summed E-state index contributed by atoms with van der Waals surface area (Å²) in [5, 5.41) is 11.3. The predicted molar refractivity (Wildman–Crippen MR) is 95.8 cm³/mol. The minimum atomic E-state index is 0.0781. The van der Waals surface area contributed by atoms with Crippen LogP contribution >= 0.6 is 0 Å². The van der Waals surface area contributed by atoms with Crippen molar-refractivity contribution in [1.82, 2.24) is 10.2 Å². The van der Waals surface area contributed by atoms with Crippen LogP contribution in [-0.4, -0.2) is 23.2 Å². The number of anilines is 2. The predicted octanol–water partition coefficient (Wildman–Crippen LogP) is 3.63. The number of hydrogen-bond acceptors (Lipinski definition) is 4. The number of carbonyl (C=O) groups excluding carboxylic acids is 1. The third kappa shape index (κ3) is 4.31. The molecule has 1 heterocycles. The first-order valence-corrected chi connectivity index (χ1v) is 8.62. The number of aromatic nitrogens is 2. The Labute approximate surface area is 143 Å². The molecule has 1 N–H and O–H groups in total. The van der Waals surface area contributed by atoms with E-state index < -0.39 is 0 Å². The van der Waals surface area contributed by atoms with Crippen LogP contribution in [0.25, 0.3) is 0 Å². The summed E-state index contributed by atoms with van der Waals surface area (Å²) >= 11 is 0. The monoisotopic (exact) mass is 324 g/mol. The molecule has 0 spiro atoms. The summed E-state index contributed by atoms with van der Waals surface area (Å²) in [6, 6.07) is 14.0. The van der Waals surface area contributed by atoms with E-state index in [4.69, 9.17) is 0 Å². The highest BCUT2D eigenvalue weighted by atomic mass is 16.1. The summed E-state index contributed by atoms with van der Waals surface area (Å²) in [6.45, 7) is 0.767. The van der Waals surface area contributed by atoms with Crippen LogP contribution in [0, 0.1) is 5.92 Å². The van der Waals surface area contributed by atoms with Gasteiger partial charge in [0.1, 0.15) is 0 Å². The van der Waals surface area contributed by atoms with Crippen molar-refractivity contribution in [1.29, 1.82) is 0 Å². The molecule has 0 aliphatic heterocycles. The van der Waals surface area contributed by atoms with E-state index in [1.54, 1.807) is 0 Å². The molecule has 5 heteroatoms. The minimum absolute atomic E-state index is 0.0781. The first-order chi connectivity index (χ1) is 11.7. The summed E-state index contributed by atoms with van der Waals surface area (Å²) in [4.78, 5) is 14.3. The van der Waals surface area contributed by atoms with Gasteiger partial charge >= 0.3 is 0 Å². The molecule has 0 radical (unpaired) electrons. The lowest BCUT2D eigenvalue weighted by Crippen LogP contribution is -2.25. The zero-order valence-electron chi connectivity index (χ0n) is 14.1. The third-order valence-corrected chi connectivity index (χ3v) is 4.53. The second-order valence-electron chi connectivity index (χ2n) is 6.44. The van der Waals surface area contributed by atoms with Crippen molar-refractivity contribution in [3.05, 3.63) is 48.0 Å². The van der Waals surface area contributed by atoms with Gasteiger partial charge in [0.2, 0.25) is 5.91 Å². The van der Waals surface area contributed by atoms with E-state index in [0.717, 1.165) is 38.0 Å². The molecule has 3 rings (SSSR count). The zero-order chi connectivity index (χ0) is 16.8. The number of nitrogens with zero attached hydrogens (tertiary/aromatic N) is 3. The maximum Gasteiger partial charge on any atom is 0.228 e. The van der Waals surface area contributed by atoms with Crippen molar-refractivity contribution in [2.45, 2.75) is 38.6 Å². The van der Waals surface area contributed by atoms with Gasteiger partial charge in [0.15, 0.2) is 11.6 Å². The lowest BCUT2D eigenvalue weighted by atomic mass is 9.89. The van der Waals surface area contributed by atoms with Gasteiger partial charge in [-0.05, 0) is 30.5 Å². The molecule has 0 bridgehead atoms. The molecule has 1 aromatic heterocycles. The molecule has 0 unspecified atom stereocenters. The van der Waals surface area contributed by atoms with Gasteiger partial charge in [-0.25, -0.2) is 0 Å². The van der Waals surface area contributed by atoms with Crippen molar-refractivity contribution in [2.75, 3.05) is 17.3 Å². The van der Waals surface area contributed by atoms with Crippen LogP contribution in [0.2, 0.25) is 0 Å². The van der Waals surface area contributed by atoms with Crippen LogP contribution in [0.5, 0.6) is 0 Å². The maximum atomic E-state index is 12.2. The Kier molecular flexibility index (Phi) is 5.41. The lowest BCUT2D eigenvalue weighted by Gasteiger charge is -2.21. The van der Waals surface area contributed by atoms with Crippen molar-refractivity contribution in [3.63, 3.8) is 0 Å². The van der Waals surface area contributed by atoms with Crippen LogP contribution < -0.4 is 10.2 Å². The zero-order valence-corrected chi connectivity index (χ0v) is 14.1. The Balaban J connectivity index is 1.57. The minimum Gasteiger partial charge on any atom is -0.354 e. The third-order valence-electron chi connectivity index (χ3n) is 4.53. The highest BCUT2D eigenvalue weighted by molar-refractivity contribution is 5.91. The SMILES string of the molecule is CN(Cc1ccccc1)c1ccc(NC(=O)C2CCCCC2)nn1. The van der Waals surface area contributed by atoms with Crippen LogP contribution in [0.3, 0.4) is 0 Å². The normalized spacial score (nSPS) is 15.0. The van der Waals surface area contributed by atoms with Crippen molar-refractivity contribution < 1.29 is 4.79 Å². The van der Waals surface area contributed by atoms with E-state index in [2.05, 4.69) is 27.6 Å². The lowest BCUT2D eigenvalue weighted by molar-refractivity contribution is -0.120. The standard InChI is InChI=1S/C19H24N4O/c1-23(14-15-8-4-2-5-9-15)18-13-12-17(21-22-18)20-19(24)16-10-6-3-7-11-16/h2,4-5,8-9,12-13,16H,3,6-7,10-11,14H2,1H3,(H,20,21,24). The molecule has 0 saturated heterocycles. The van der Waals surface area contributed by atoms with E-state index in [0.29, 0.717) is 5.82 Å². The fourth-order valence-corrected chi connectivity index (χ4v) is 3.13. The molecular formula is C19H24N4O. The van der Waals surface area contributed by atoms with Gasteiger partial charge in [0.05, 0.1) is 0 Å². The highest BCUT2D eigenvalue weighted by Gasteiger charge is 2.21. The van der Waals surface area contributed by atoms with E-state index in [-0.39, 0.29) is 11.8 Å². The largest absolute Gasteiger partial charge is 0.354 e. The van der Waals surface area contributed by atoms with Gasteiger partial charge in [-0.2, -0.15) is 0 Å². The fraction of sp³-hybridized carbons (Fsp3) is 0.421. The molecule has 24 heavy (non-hydrogen) atoms. The highest BCUT2D eigenvalue weighted by Crippen LogP contribution is 2.24. The number of carbonyl (C=O) groups is 1. The topological polar surface area (TPSA) is 58.1 Å². The van der Waals surface area contributed by atoms with E-state index >= 15 is 0 Å². The van der Waals surface area contributed by atoms with Crippen LogP contribution in [0.4, 0.5) is 11.6 Å². The second-order valence-corrected chi connectivity index (χ2v) is 6.44.